The fraction of sp³-hybridized carbons (Fsp3) is 0.333. The Hall–Kier alpha value is -0.760. The quantitative estimate of drug-likeness (QED) is 0.198. The lowest BCUT2D eigenvalue weighted by molar-refractivity contribution is 0.227. The Morgan fingerprint density at radius 2 is 2.60 bits per heavy atom. The molecule has 0 aliphatic carbocycles. The Bertz CT molecular complexity index is 166. The van der Waals surface area contributed by atoms with Crippen molar-refractivity contribution in [2.24, 2.45) is 16.8 Å². The van der Waals surface area contributed by atoms with Crippen LogP contribution in [0.5, 0.6) is 0 Å². The van der Waals surface area contributed by atoms with E-state index in [0.717, 1.165) is 0 Å². The molecule has 56 valence electrons. The number of hydrazone groups is 1. The molecule has 7 heteroatoms. The van der Waals surface area contributed by atoms with E-state index in [1.54, 1.807) is 0 Å². The molecule has 0 radical (unpaired) electrons. The predicted octanol–water partition coefficient (Wildman–Crippen LogP) is -2.17. The van der Waals surface area contributed by atoms with E-state index in [2.05, 4.69) is 16.0 Å². The first kappa shape index (κ1) is 7.35. The van der Waals surface area contributed by atoms with Crippen molar-refractivity contribution in [1.82, 2.24) is 15.9 Å². The van der Waals surface area contributed by atoms with Crippen LogP contribution >= 0.6 is 12.2 Å². The van der Waals surface area contributed by atoms with Gasteiger partial charge in [0.15, 0.2) is 6.29 Å². The van der Waals surface area contributed by atoms with Crippen LogP contribution in [0.2, 0.25) is 0 Å². The smallest absolute Gasteiger partial charge is 0.197 e. The molecule has 0 aromatic rings. The van der Waals surface area contributed by atoms with Gasteiger partial charge in [0.2, 0.25) is 0 Å². The number of nitrogens with zero attached hydrogens (tertiary/aromatic N) is 2. The Morgan fingerprint density at radius 1 is 1.90 bits per heavy atom. The van der Waals surface area contributed by atoms with E-state index in [1.807, 2.05) is 0 Å². The van der Waals surface area contributed by atoms with Crippen LogP contribution in [0.1, 0.15) is 0 Å². The lowest BCUT2D eigenvalue weighted by Crippen LogP contribution is -2.62. The largest absolute Gasteiger partial charge is 0.272 e. The summed E-state index contributed by atoms with van der Waals surface area (Å²) in [6.07, 6.45) is 1.01. The van der Waals surface area contributed by atoms with Gasteiger partial charge in [-0.25, -0.2) is 11.3 Å². The summed E-state index contributed by atoms with van der Waals surface area (Å²) in [4.78, 5) is 0.432. The minimum Gasteiger partial charge on any atom is -0.272 e. The van der Waals surface area contributed by atoms with E-state index < -0.39 is 6.29 Å². The molecule has 1 aliphatic rings. The maximum Gasteiger partial charge on any atom is 0.197 e. The van der Waals surface area contributed by atoms with Crippen LogP contribution in [0.25, 0.3) is 0 Å². The minimum atomic E-state index is -0.419. The van der Waals surface area contributed by atoms with E-state index in [0.29, 0.717) is 4.99 Å². The Balaban J connectivity index is 2.65. The SMILES string of the molecule is NNC1NN=CC(=S)N1N. The van der Waals surface area contributed by atoms with Gasteiger partial charge in [-0.15, -0.1) is 0 Å². The molecule has 10 heavy (non-hydrogen) atoms. The van der Waals surface area contributed by atoms with Gasteiger partial charge in [-0.3, -0.25) is 16.3 Å². The molecular weight excluding hydrogens is 152 g/mol. The number of hydrogen-bond acceptors (Lipinski definition) is 6. The molecule has 1 aliphatic heterocycles. The highest BCUT2D eigenvalue weighted by atomic mass is 32.1. The zero-order valence-corrected chi connectivity index (χ0v) is 5.93. The molecular formula is C3H8N6S. The first-order valence-electron chi connectivity index (χ1n) is 2.58. The molecule has 0 saturated carbocycles. The summed E-state index contributed by atoms with van der Waals surface area (Å²) < 4.78 is 0. The van der Waals surface area contributed by atoms with E-state index in [-0.39, 0.29) is 0 Å². The lowest BCUT2D eigenvalue weighted by atomic mass is 10.6. The van der Waals surface area contributed by atoms with Gasteiger partial charge in [-0.2, -0.15) is 5.10 Å². The normalized spacial score (nSPS) is 24.8. The third kappa shape index (κ3) is 1.21. The predicted molar refractivity (Wildman–Crippen MR) is 41.4 cm³/mol. The van der Waals surface area contributed by atoms with Crippen LogP contribution in [-0.4, -0.2) is 22.5 Å². The molecule has 1 heterocycles. The van der Waals surface area contributed by atoms with E-state index in [9.17, 15) is 0 Å². The molecule has 0 spiro atoms. The number of nitrogens with one attached hydrogen (secondary N) is 2. The van der Waals surface area contributed by atoms with Crippen molar-refractivity contribution in [3.8, 4) is 0 Å². The third-order valence-electron chi connectivity index (χ3n) is 1.06. The van der Waals surface area contributed by atoms with E-state index >= 15 is 0 Å². The summed E-state index contributed by atoms with van der Waals surface area (Å²) in [5, 5.41) is 4.95. The molecule has 0 saturated heterocycles. The number of hydrogen-bond donors (Lipinski definition) is 4. The molecule has 1 rings (SSSR count). The molecule has 6 nitrogen and oxygen atoms in total. The summed E-state index contributed by atoms with van der Waals surface area (Å²) in [7, 11) is 0. The Morgan fingerprint density at radius 3 is 3.10 bits per heavy atom. The molecule has 0 bridgehead atoms. The number of rotatable bonds is 1. The van der Waals surface area contributed by atoms with E-state index in [4.69, 9.17) is 23.9 Å². The number of hydrazine groups is 2. The van der Waals surface area contributed by atoms with Crippen LogP contribution in [0, 0.1) is 0 Å². The highest BCUT2D eigenvalue weighted by Gasteiger charge is 2.17. The summed E-state index contributed by atoms with van der Waals surface area (Å²) in [5.41, 5.74) is 4.97. The van der Waals surface area contributed by atoms with Crippen molar-refractivity contribution in [3.05, 3.63) is 0 Å². The van der Waals surface area contributed by atoms with Crippen LogP contribution in [0.3, 0.4) is 0 Å². The first-order chi connectivity index (χ1) is 4.75. The van der Waals surface area contributed by atoms with Crippen molar-refractivity contribution in [1.29, 1.82) is 0 Å². The molecule has 0 amide bonds. The van der Waals surface area contributed by atoms with Crippen LogP contribution in [0.4, 0.5) is 0 Å². The summed E-state index contributed by atoms with van der Waals surface area (Å²) in [6.45, 7) is 0. The fourth-order valence-corrected chi connectivity index (χ4v) is 0.695. The van der Waals surface area contributed by atoms with Gasteiger partial charge < -0.3 is 0 Å². The van der Waals surface area contributed by atoms with Crippen molar-refractivity contribution < 1.29 is 0 Å². The van der Waals surface area contributed by atoms with Gasteiger partial charge >= 0.3 is 0 Å². The highest BCUT2D eigenvalue weighted by Crippen LogP contribution is 1.90. The zero-order chi connectivity index (χ0) is 7.56. The summed E-state index contributed by atoms with van der Waals surface area (Å²) in [6, 6.07) is 0. The maximum atomic E-state index is 5.43. The van der Waals surface area contributed by atoms with Gasteiger partial charge in [0.1, 0.15) is 4.99 Å². The maximum absolute atomic E-state index is 5.43. The first-order valence-corrected chi connectivity index (χ1v) is 2.99. The molecule has 6 N–H and O–H groups in total. The molecule has 0 fully saturated rings. The molecule has 1 unspecified atom stereocenters. The average Bonchev–Trinajstić information content (AvgIpc) is 1.95. The number of nitrogens with two attached hydrogens (primary N) is 2. The van der Waals surface area contributed by atoms with Crippen molar-refractivity contribution in [3.63, 3.8) is 0 Å². The highest BCUT2D eigenvalue weighted by molar-refractivity contribution is 7.81. The van der Waals surface area contributed by atoms with Crippen LogP contribution in [0.15, 0.2) is 5.10 Å². The molecule has 0 aromatic heterocycles. The molecule has 0 aromatic carbocycles. The lowest BCUT2D eigenvalue weighted by Gasteiger charge is -2.29. The van der Waals surface area contributed by atoms with Crippen molar-refractivity contribution in [2.45, 2.75) is 6.29 Å². The van der Waals surface area contributed by atoms with E-state index in [1.165, 1.54) is 11.2 Å². The van der Waals surface area contributed by atoms with Crippen molar-refractivity contribution in [2.75, 3.05) is 0 Å². The van der Waals surface area contributed by atoms with Gasteiger partial charge in [-0.05, 0) is 0 Å². The monoisotopic (exact) mass is 160 g/mol. The Labute approximate surface area is 63.2 Å². The Kier molecular flexibility index (Phi) is 2.12. The minimum absolute atomic E-state index is 0.419. The van der Waals surface area contributed by atoms with Crippen molar-refractivity contribution >= 4 is 23.4 Å². The second-order valence-electron chi connectivity index (χ2n) is 1.70. The molecule has 1 atom stereocenters. The second-order valence-corrected chi connectivity index (χ2v) is 2.12. The van der Waals surface area contributed by atoms with Gasteiger partial charge in [0.25, 0.3) is 0 Å². The standard InChI is InChI=1S/C3H8N6S/c4-7-3-8-6-1-2(10)9(3)5/h1,3,7-8H,4-5H2. The average molecular weight is 160 g/mol. The van der Waals surface area contributed by atoms with Gasteiger partial charge in [0, 0.05) is 0 Å². The third-order valence-corrected chi connectivity index (χ3v) is 1.38. The van der Waals surface area contributed by atoms with Gasteiger partial charge in [-0.1, -0.05) is 12.2 Å². The second kappa shape index (κ2) is 2.88. The summed E-state index contributed by atoms with van der Waals surface area (Å²) >= 11 is 4.79. The van der Waals surface area contributed by atoms with Crippen LogP contribution < -0.4 is 22.5 Å². The summed E-state index contributed by atoms with van der Waals surface area (Å²) in [5.74, 6) is 10.5. The fourth-order valence-electron chi connectivity index (χ4n) is 0.537. The number of thiocarbonyl (C=S) groups is 1. The van der Waals surface area contributed by atoms with Crippen LogP contribution in [-0.2, 0) is 0 Å². The zero-order valence-electron chi connectivity index (χ0n) is 5.11. The van der Waals surface area contributed by atoms with Gasteiger partial charge in [0.05, 0.1) is 6.21 Å². The topological polar surface area (TPSA) is 91.7 Å².